The van der Waals surface area contributed by atoms with E-state index in [0.717, 1.165) is 12.2 Å². The van der Waals surface area contributed by atoms with Crippen LogP contribution in [0.3, 0.4) is 0 Å². The fourth-order valence-corrected chi connectivity index (χ4v) is 3.43. The van der Waals surface area contributed by atoms with Crippen LogP contribution >= 0.6 is 11.8 Å². The lowest BCUT2D eigenvalue weighted by molar-refractivity contribution is 0.0686. The molecule has 0 aliphatic heterocycles. The number of thioether (sulfide) groups is 1. The molecule has 0 unspecified atom stereocenters. The van der Waals surface area contributed by atoms with E-state index in [4.69, 9.17) is 5.11 Å². The molecule has 1 rings (SSSR count). The first kappa shape index (κ1) is 16.0. The van der Waals surface area contributed by atoms with Gasteiger partial charge in [-0.2, -0.15) is 16.9 Å². The predicted molar refractivity (Wildman–Crippen MR) is 73.1 cm³/mol. The van der Waals surface area contributed by atoms with Gasteiger partial charge in [-0.05, 0) is 31.8 Å². The Hall–Kier alpha value is -1.06. The molecule has 7 nitrogen and oxygen atoms in total. The van der Waals surface area contributed by atoms with Crippen molar-refractivity contribution in [1.82, 2.24) is 14.9 Å². The molecule has 0 aromatic carbocycles. The molecule has 0 bridgehead atoms. The summed E-state index contributed by atoms with van der Waals surface area (Å²) in [6.07, 6.45) is 3.59. The van der Waals surface area contributed by atoms with Crippen molar-refractivity contribution in [2.45, 2.75) is 24.7 Å². The Kier molecular flexibility index (Phi) is 5.83. The van der Waals surface area contributed by atoms with E-state index >= 15 is 0 Å². The van der Waals surface area contributed by atoms with Gasteiger partial charge in [0.25, 0.3) is 0 Å². The van der Waals surface area contributed by atoms with Crippen molar-refractivity contribution in [3.8, 4) is 0 Å². The van der Waals surface area contributed by atoms with Crippen LogP contribution in [0.5, 0.6) is 0 Å². The molecule has 19 heavy (non-hydrogen) atoms. The van der Waals surface area contributed by atoms with Crippen molar-refractivity contribution in [3.05, 3.63) is 11.4 Å². The first-order chi connectivity index (χ1) is 8.90. The molecule has 0 radical (unpaired) electrons. The monoisotopic (exact) mass is 307 g/mol. The summed E-state index contributed by atoms with van der Waals surface area (Å²) in [6, 6.07) is 0. The Balaban J connectivity index is 2.77. The summed E-state index contributed by atoms with van der Waals surface area (Å²) in [7, 11) is -3.84. The number of unbranched alkanes of at least 4 members (excludes halogenated alkanes) is 1. The molecule has 1 aromatic heterocycles. The molecule has 0 aliphatic carbocycles. The van der Waals surface area contributed by atoms with E-state index in [9.17, 15) is 13.2 Å². The third-order valence-electron chi connectivity index (χ3n) is 2.43. The number of rotatable bonds is 8. The third kappa shape index (κ3) is 4.22. The summed E-state index contributed by atoms with van der Waals surface area (Å²) < 4.78 is 26.5. The Labute approximate surface area is 116 Å². The van der Waals surface area contributed by atoms with E-state index in [1.807, 2.05) is 6.26 Å². The van der Waals surface area contributed by atoms with Gasteiger partial charge in [0, 0.05) is 6.54 Å². The Morgan fingerprint density at radius 1 is 1.47 bits per heavy atom. The molecule has 0 aliphatic rings. The predicted octanol–water partition coefficient (Wildman–Crippen LogP) is 0.838. The Morgan fingerprint density at radius 2 is 2.16 bits per heavy atom. The number of H-pyrrole nitrogens is 1. The highest BCUT2D eigenvalue weighted by atomic mass is 32.2. The zero-order valence-electron chi connectivity index (χ0n) is 10.8. The number of hydrogen-bond acceptors (Lipinski definition) is 5. The van der Waals surface area contributed by atoms with Crippen molar-refractivity contribution in [2.75, 3.05) is 18.6 Å². The van der Waals surface area contributed by atoms with Gasteiger partial charge in [0.1, 0.15) is 4.90 Å². The van der Waals surface area contributed by atoms with E-state index < -0.39 is 21.7 Å². The molecule has 1 heterocycles. The maximum atomic E-state index is 12.0. The average Bonchev–Trinajstić information content (AvgIpc) is 2.71. The minimum atomic E-state index is -3.84. The van der Waals surface area contributed by atoms with Crippen molar-refractivity contribution in [2.24, 2.45) is 0 Å². The van der Waals surface area contributed by atoms with Gasteiger partial charge in [-0.15, -0.1) is 0 Å². The van der Waals surface area contributed by atoms with Gasteiger partial charge < -0.3 is 5.11 Å². The minimum absolute atomic E-state index is 0.217. The van der Waals surface area contributed by atoms with Gasteiger partial charge in [0.05, 0.1) is 5.69 Å². The van der Waals surface area contributed by atoms with Crippen LogP contribution in [0.15, 0.2) is 4.90 Å². The van der Waals surface area contributed by atoms with Crippen LogP contribution in [-0.4, -0.2) is 48.2 Å². The first-order valence-electron chi connectivity index (χ1n) is 5.67. The van der Waals surface area contributed by atoms with Crippen molar-refractivity contribution in [1.29, 1.82) is 0 Å². The molecular weight excluding hydrogens is 290 g/mol. The number of carboxylic acid groups (broad SMARTS) is 1. The fraction of sp³-hybridized carbons (Fsp3) is 0.600. The molecule has 0 saturated heterocycles. The second-order valence-corrected chi connectivity index (χ2v) is 6.62. The van der Waals surface area contributed by atoms with Gasteiger partial charge in [-0.3, -0.25) is 5.10 Å². The lowest BCUT2D eigenvalue weighted by atomic mass is 10.3. The van der Waals surface area contributed by atoms with Crippen molar-refractivity contribution in [3.63, 3.8) is 0 Å². The number of aromatic nitrogens is 2. The molecule has 0 saturated carbocycles. The summed E-state index contributed by atoms with van der Waals surface area (Å²) in [6.45, 7) is 1.76. The second kappa shape index (κ2) is 6.92. The highest BCUT2D eigenvalue weighted by molar-refractivity contribution is 7.98. The molecule has 3 N–H and O–H groups in total. The molecule has 0 spiro atoms. The van der Waals surface area contributed by atoms with Crippen LogP contribution in [-0.2, 0) is 10.0 Å². The number of nitrogens with zero attached hydrogens (tertiary/aromatic N) is 1. The van der Waals surface area contributed by atoms with Gasteiger partial charge in [-0.25, -0.2) is 17.9 Å². The molecular formula is C10H17N3O4S2. The van der Waals surface area contributed by atoms with Gasteiger partial charge in [0.15, 0.2) is 5.69 Å². The summed E-state index contributed by atoms with van der Waals surface area (Å²) in [4.78, 5) is 10.6. The Bertz CT molecular complexity index is 539. The van der Waals surface area contributed by atoms with Crippen LogP contribution in [0.1, 0.15) is 29.0 Å². The van der Waals surface area contributed by atoms with E-state index in [2.05, 4.69) is 14.9 Å². The molecule has 0 fully saturated rings. The van der Waals surface area contributed by atoms with E-state index in [-0.39, 0.29) is 17.1 Å². The van der Waals surface area contributed by atoms with Crippen LogP contribution in [0.25, 0.3) is 0 Å². The highest BCUT2D eigenvalue weighted by Crippen LogP contribution is 2.17. The van der Waals surface area contributed by atoms with Crippen molar-refractivity contribution >= 4 is 27.8 Å². The average molecular weight is 307 g/mol. The quantitative estimate of drug-likeness (QED) is 0.613. The van der Waals surface area contributed by atoms with Gasteiger partial charge in [-0.1, -0.05) is 0 Å². The highest BCUT2D eigenvalue weighted by Gasteiger charge is 2.27. The second-order valence-electron chi connectivity index (χ2n) is 3.93. The first-order valence-corrected chi connectivity index (χ1v) is 8.54. The fourth-order valence-electron chi connectivity index (χ4n) is 1.54. The van der Waals surface area contributed by atoms with Crippen LogP contribution in [0.4, 0.5) is 0 Å². The lowest BCUT2D eigenvalue weighted by Crippen LogP contribution is -2.26. The van der Waals surface area contributed by atoms with Crippen LogP contribution < -0.4 is 4.72 Å². The van der Waals surface area contributed by atoms with Crippen LogP contribution in [0, 0.1) is 6.92 Å². The van der Waals surface area contributed by atoms with Crippen LogP contribution in [0.2, 0.25) is 0 Å². The molecule has 9 heteroatoms. The van der Waals surface area contributed by atoms with E-state index in [1.165, 1.54) is 6.92 Å². The zero-order chi connectivity index (χ0) is 14.5. The Morgan fingerprint density at radius 3 is 2.74 bits per heavy atom. The number of carbonyl (C=O) groups is 1. The maximum Gasteiger partial charge on any atom is 0.357 e. The maximum absolute atomic E-state index is 12.0. The summed E-state index contributed by atoms with van der Waals surface area (Å²) in [5.74, 6) is -0.403. The number of carboxylic acids is 1. The van der Waals surface area contributed by atoms with E-state index in [0.29, 0.717) is 6.42 Å². The molecule has 1 aromatic rings. The SMILES string of the molecule is CSCCCCNS(=O)(=O)c1c(C(=O)O)n[nH]c1C. The normalized spacial score (nSPS) is 11.7. The number of nitrogens with one attached hydrogen (secondary N) is 2. The molecule has 108 valence electrons. The standard InChI is InChI=1S/C10H17N3O4S2/c1-7-9(8(10(14)15)13-12-7)19(16,17)11-5-3-4-6-18-2/h11H,3-6H2,1-2H3,(H,12,13)(H,14,15). The van der Waals surface area contributed by atoms with Crippen molar-refractivity contribution < 1.29 is 18.3 Å². The number of hydrogen-bond donors (Lipinski definition) is 3. The number of aromatic carboxylic acids is 1. The number of aromatic amines is 1. The van der Waals surface area contributed by atoms with E-state index in [1.54, 1.807) is 11.8 Å². The lowest BCUT2D eigenvalue weighted by Gasteiger charge is -2.06. The smallest absolute Gasteiger partial charge is 0.357 e. The number of aryl methyl sites for hydroxylation is 1. The summed E-state index contributed by atoms with van der Waals surface area (Å²) in [5, 5.41) is 14.8. The minimum Gasteiger partial charge on any atom is -0.476 e. The summed E-state index contributed by atoms with van der Waals surface area (Å²) in [5.41, 5.74) is -0.261. The van der Waals surface area contributed by atoms with Gasteiger partial charge >= 0.3 is 5.97 Å². The zero-order valence-corrected chi connectivity index (χ0v) is 12.4. The third-order valence-corrected chi connectivity index (χ3v) is 4.75. The largest absolute Gasteiger partial charge is 0.476 e. The summed E-state index contributed by atoms with van der Waals surface area (Å²) >= 11 is 1.70. The molecule has 0 atom stereocenters. The van der Waals surface area contributed by atoms with Gasteiger partial charge in [0.2, 0.25) is 10.0 Å². The molecule has 0 amide bonds. The topological polar surface area (TPSA) is 112 Å². The number of sulfonamides is 1.